The van der Waals surface area contributed by atoms with Crippen LogP contribution in [0.1, 0.15) is 174 Å². The number of nitrogens with zero attached hydrogens (tertiary/aromatic N) is 6. The number of fused-ring (bicyclic) bond motifs is 2. The van der Waals surface area contributed by atoms with Gasteiger partial charge in [-0.1, -0.05) is 13.8 Å². The van der Waals surface area contributed by atoms with Gasteiger partial charge in [0.05, 0.1) is 39.2 Å². The number of piperidine rings is 2. The number of H-pyrrole nitrogens is 2. The molecule has 0 amide bonds. The van der Waals surface area contributed by atoms with Crippen molar-refractivity contribution in [3.8, 4) is 0 Å². The van der Waals surface area contributed by atoms with Crippen molar-refractivity contribution in [1.29, 1.82) is 0 Å². The van der Waals surface area contributed by atoms with E-state index in [2.05, 4.69) is 45.6 Å². The van der Waals surface area contributed by atoms with Crippen molar-refractivity contribution in [2.24, 2.45) is 17.6 Å². The number of nitrogens with one attached hydrogen (secondary N) is 2. The minimum absolute atomic E-state index is 0.0541. The molecule has 2 aliphatic heterocycles. The van der Waals surface area contributed by atoms with Crippen LogP contribution in [-0.2, 0) is 13.0 Å². The zero-order valence-corrected chi connectivity index (χ0v) is 47.2. The van der Waals surface area contributed by atoms with Crippen LogP contribution in [0.2, 0.25) is 0 Å². The van der Waals surface area contributed by atoms with Gasteiger partial charge in [0.15, 0.2) is 5.78 Å². The highest BCUT2D eigenvalue weighted by Crippen LogP contribution is 2.39. The lowest BCUT2D eigenvalue weighted by Crippen LogP contribution is -2.43. The summed E-state index contributed by atoms with van der Waals surface area (Å²) in [5.74, 6) is 0.587. The van der Waals surface area contributed by atoms with Crippen LogP contribution in [0, 0.1) is 67.2 Å². The van der Waals surface area contributed by atoms with Gasteiger partial charge in [-0.05, 0) is 212 Å². The zero-order valence-electron chi connectivity index (χ0n) is 47.2. The number of pyridine rings is 2. The Hall–Kier alpha value is -5.78. The van der Waals surface area contributed by atoms with E-state index in [4.69, 9.17) is 10.8 Å². The van der Waals surface area contributed by atoms with Crippen molar-refractivity contribution in [3.63, 3.8) is 0 Å². The maximum atomic E-state index is 13.6. The maximum absolute atomic E-state index is 13.6. The van der Waals surface area contributed by atoms with E-state index in [-0.39, 0.29) is 35.2 Å². The summed E-state index contributed by atoms with van der Waals surface area (Å²) in [5.41, 5.74) is 17.2. The Balaban J connectivity index is 0.000000209. The number of carbonyl (C=O) groups is 2. The lowest BCUT2D eigenvalue weighted by molar-refractivity contribution is 0.0225. The van der Waals surface area contributed by atoms with Crippen LogP contribution < -0.4 is 16.9 Å². The topological polar surface area (TPSA) is 228 Å². The Morgan fingerprint density at radius 2 is 1.04 bits per heavy atom. The van der Waals surface area contributed by atoms with Gasteiger partial charge in [-0.25, -0.2) is 13.8 Å². The molecular formula is C59H85N9O7. The van der Waals surface area contributed by atoms with Crippen molar-refractivity contribution in [1.82, 2.24) is 39.0 Å². The van der Waals surface area contributed by atoms with Gasteiger partial charge in [0.1, 0.15) is 0 Å². The third-order valence-corrected chi connectivity index (χ3v) is 15.5. The lowest BCUT2D eigenvalue weighted by atomic mass is 9.82. The standard InChI is InChI=1S/C30H42N4O3.C21H31N3O3.C8H12N2O/c1-18-16-20(3)31-29(36)24(18)9-11-26(35)27-22(5)28(34-25(27)10-8-19(2)32-34)21(4)23-12-14-33(15-13-23)17-30(6,7)37;1-13-6-7-17-18(20(25)26)15(3)19(24(17)22-13)14(2)16-8-10-23(11-9-16)12-21(4,5)27;1-5-3-6(2)10-8(11)7(5)4-9/h8,10,16,21,23,37H,9,11-15,17H2,1-7H3,(H,31,36);6-7,14,16,27H,8-12H2,1-5H3,(H,25,26);3H,4,9H2,1-2H3,(H,10,11). The summed E-state index contributed by atoms with van der Waals surface area (Å²) >= 11 is 0. The van der Waals surface area contributed by atoms with Crippen molar-refractivity contribution in [2.75, 3.05) is 39.3 Å². The number of aliphatic hydroxyl groups is 2. The first kappa shape index (κ1) is 58.5. The van der Waals surface area contributed by atoms with E-state index in [0.29, 0.717) is 60.1 Å². The summed E-state index contributed by atoms with van der Waals surface area (Å²) in [4.78, 5) is 59.3. The summed E-state index contributed by atoms with van der Waals surface area (Å²) in [6.07, 6.45) is 4.88. The van der Waals surface area contributed by atoms with Gasteiger partial charge in [-0.2, -0.15) is 10.2 Å². The fourth-order valence-corrected chi connectivity index (χ4v) is 11.9. The number of ketones is 1. The summed E-state index contributed by atoms with van der Waals surface area (Å²) in [7, 11) is 0. The Bertz CT molecular complexity index is 3110. The number of hydrogen-bond donors (Lipinski definition) is 6. The van der Waals surface area contributed by atoms with Gasteiger partial charge in [-0.3, -0.25) is 14.4 Å². The highest BCUT2D eigenvalue weighted by atomic mass is 16.4. The number of Topliss-reactive ketones (excluding diaryl/α,β-unsaturated/α-hetero) is 1. The minimum atomic E-state index is -0.894. The van der Waals surface area contributed by atoms with Gasteiger partial charge in [-0.15, -0.1) is 0 Å². The van der Waals surface area contributed by atoms with E-state index < -0.39 is 17.2 Å². The number of rotatable bonds is 14. The molecule has 0 bridgehead atoms. The first-order valence-corrected chi connectivity index (χ1v) is 26.8. The van der Waals surface area contributed by atoms with E-state index in [9.17, 15) is 34.5 Å². The molecule has 2 unspecified atom stereocenters. The molecule has 2 fully saturated rings. The van der Waals surface area contributed by atoms with Gasteiger partial charge in [0.25, 0.3) is 11.1 Å². The van der Waals surface area contributed by atoms with Crippen LogP contribution in [0.5, 0.6) is 0 Å². The van der Waals surface area contributed by atoms with Crippen LogP contribution >= 0.6 is 0 Å². The summed E-state index contributed by atoms with van der Waals surface area (Å²) < 4.78 is 3.84. The number of aromatic amines is 2. The largest absolute Gasteiger partial charge is 0.478 e. The average molecular weight is 1030 g/mol. The van der Waals surface area contributed by atoms with Gasteiger partial charge >= 0.3 is 5.97 Å². The number of carboxylic acids is 1. The first-order valence-electron chi connectivity index (χ1n) is 26.8. The number of aromatic nitrogens is 6. The molecule has 75 heavy (non-hydrogen) atoms. The predicted molar refractivity (Wildman–Crippen MR) is 298 cm³/mol. The number of carbonyl (C=O) groups excluding carboxylic acids is 1. The van der Waals surface area contributed by atoms with Crippen molar-refractivity contribution >= 4 is 22.8 Å². The fraction of sp³-hybridized carbons (Fsp3) is 0.559. The third-order valence-electron chi connectivity index (χ3n) is 15.5. The normalized spacial score (nSPS) is 16.1. The highest BCUT2D eigenvalue weighted by molar-refractivity contribution is 6.04. The monoisotopic (exact) mass is 1030 g/mol. The van der Waals surface area contributed by atoms with E-state index in [0.717, 1.165) is 119 Å². The van der Waals surface area contributed by atoms with Crippen LogP contribution in [-0.4, -0.2) is 117 Å². The number of likely N-dealkylation sites (tertiary alicyclic amines) is 2. The van der Waals surface area contributed by atoms with Crippen molar-refractivity contribution in [2.45, 2.75) is 165 Å². The summed E-state index contributed by atoms with van der Waals surface area (Å²) in [5, 5.41) is 39.4. The Kier molecular flexibility index (Phi) is 18.8. The van der Waals surface area contributed by atoms with Gasteiger partial charge in [0, 0.05) is 77.4 Å². The molecule has 0 radical (unpaired) electrons. The van der Waals surface area contributed by atoms with E-state index >= 15 is 0 Å². The molecule has 8 heterocycles. The quantitative estimate of drug-likeness (QED) is 0.0566. The smallest absolute Gasteiger partial charge is 0.338 e. The molecule has 2 atom stereocenters. The summed E-state index contributed by atoms with van der Waals surface area (Å²) in [6, 6.07) is 11.6. The SMILES string of the molecule is Cc1cc(C)c(CN)c(=O)[nH]1.Cc1ccc2c(C(=O)CCc3c(C)cc(C)[nH]c3=O)c(C)c(C(C)C3CCN(CC(C)(C)O)CC3)n2n1.Cc1ccc2c(C(=O)O)c(C)c(C(C)C3CCN(CC(C)(C)O)CC3)n2n1. The molecule has 16 heteroatoms. The first-order chi connectivity index (χ1) is 35.1. The molecule has 6 aromatic rings. The minimum Gasteiger partial charge on any atom is -0.478 e. The molecular weight excluding hydrogens is 947 g/mol. The number of β-amino-alcohol motifs (C(OH)–C–C–N with tert-alkyl or cyclic N) is 2. The maximum Gasteiger partial charge on any atom is 0.338 e. The Morgan fingerprint density at radius 1 is 0.653 bits per heavy atom. The van der Waals surface area contributed by atoms with E-state index in [1.54, 1.807) is 0 Å². The van der Waals surface area contributed by atoms with Gasteiger partial charge < -0.3 is 40.8 Å². The van der Waals surface area contributed by atoms with Crippen LogP contribution in [0.4, 0.5) is 0 Å². The fourth-order valence-electron chi connectivity index (χ4n) is 11.9. The van der Waals surface area contributed by atoms with Crippen molar-refractivity contribution < 1.29 is 24.9 Å². The molecule has 8 rings (SSSR count). The molecule has 6 aromatic heterocycles. The molecule has 2 saturated heterocycles. The molecule has 7 N–H and O–H groups in total. The Morgan fingerprint density at radius 3 is 1.41 bits per heavy atom. The van der Waals surface area contributed by atoms with Crippen LogP contribution in [0.3, 0.4) is 0 Å². The van der Waals surface area contributed by atoms with Crippen LogP contribution in [0.25, 0.3) is 11.0 Å². The summed E-state index contributed by atoms with van der Waals surface area (Å²) in [6.45, 7) is 32.8. The number of nitrogens with two attached hydrogens (primary N) is 1. The molecule has 0 aromatic carbocycles. The van der Waals surface area contributed by atoms with E-state index in [1.807, 2.05) is 122 Å². The number of carboxylic acid groups (broad SMARTS) is 1. The molecule has 408 valence electrons. The average Bonchev–Trinajstić information content (AvgIpc) is 3.76. The second kappa shape index (κ2) is 24.0. The zero-order chi connectivity index (χ0) is 55.4. The molecule has 16 nitrogen and oxygen atoms in total. The van der Waals surface area contributed by atoms with Crippen LogP contribution in [0.15, 0.2) is 46.0 Å². The van der Waals surface area contributed by atoms with E-state index in [1.165, 1.54) is 0 Å². The molecule has 0 saturated carbocycles. The Labute approximate surface area is 442 Å². The lowest BCUT2D eigenvalue weighted by Gasteiger charge is -2.37. The second-order valence-corrected chi connectivity index (χ2v) is 23.1. The molecule has 0 aliphatic carbocycles. The highest BCUT2D eigenvalue weighted by Gasteiger charge is 2.34. The number of hydrogen-bond acceptors (Lipinski definition) is 11. The number of aryl methyl sites for hydroxylation is 6. The third kappa shape index (κ3) is 14.2. The number of aromatic carboxylic acids is 1. The molecule has 0 spiro atoms. The predicted octanol–water partition coefficient (Wildman–Crippen LogP) is 8.34. The van der Waals surface area contributed by atoms with Crippen molar-refractivity contribution in [3.05, 3.63) is 136 Å². The second-order valence-electron chi connectivity index (χ2n) is 23.1. The molecule has 2 aliphatic rings. The van der Waals surface area contributed by atoms with Gasteiger partial charge in [0.2, 0.25) is 0 Å².